The minimum Gasteiger partial charge on any atom is -0.394 e. The van der Waals surface area contributed by atoms with Crippen LogP contribution < -0.4 is 0 Å². The number of unbranched alkanes of at least 4 members (excludes halogenated alkanes) is 30. The highest BCUT2D eigenvalue weighted by Gasteiger charge is 2.15. The molecular formula is C58H104O6. The van der Waals surface area contributed by atoms with Crippen LogP contribution in [0.4, 0.5) is 0 Å². The Morgan fingerprint density at radius 1 is 0.344 bits per heavy atom. The van der Waals surface area contributed by atoms with E-state index in [-0.39, 0.29) is 37.6 Å². The Kier molecular flexibility index (Phi) is 44.9. The van der Waals surface area contributed by atoms with Crippen LogP contribution in [-0.2, 0) is 18.9 Å². The van der Waals surface area contributed by atoms with Crippen LogP contribution in [0, 0.1) is 0 Å². The van der Waals surface area contributed by atoms with Crippen molar-refractivity contribution >= 4 is 0 Å². The largest absolute Gasteiger partial charge is 0.394 e. The Morgan fingerprint density at radius 2 is 0.578 bits per heavy atom. The highest BCUT2D eigenvalue weighted by atomic mass is 16.5. The van der Waals surface area contributed by atoms with Crippen LogP contribution in [0.5, 0.6) is 0 Å². The van der Waals surface area contributed by atoms with E-state index in [0.29, 0.717) is 13.2 Å². The maximum atomic E-state index is 9.56. The van der Waals surface area contributed by atoms with E-state index in [1.807, 2.05) is 50.2 Å². The molecular weight excluding hydrogens is 793 g/mol. The molecule has 2 aromatic rings. The molecule has 0 aliphatic carbocycles. The summed E-state index contributed by atoms with van der Waals surface area (Å²) < 4.78 is 23.4. The quantitative estimate of drug-likeness (QED) is 0.0645. The number of rotatable bonds is 46. The third-order valence-electron chi connectivity index (χ3n) is 12.6. The van der Waals surface area contributed by atoms with E-state index in [9.17, 15) is 10.2 Å². The van der Waals surface area contributed by atoms with Crippen molar-refractivity contribution in [2.45, 2.75) is 258 Å². The maximum Gasteiger partial charge on any atom is 0.105 e. The molecule has 2 aromatic carbocycles. The van der Waals surface area contributed by atoms with Gasteiger partial charge in [0.05, 0.1) is 38.6 Å². The van der Waals surface area contributed by atoms with E-state index < -0.39 is 0 Å². The van der Waals surface area contributed by atoms with E-state index in [0.717, 1.165) is 37.2 Å². The van der Waals surface area contributed by atoms with Gasteiger partial charge in [0.1, 0.15) is 12.2 Å². The second kappa shape index (κ2) is 47.7. The lowest BCUT2D eigenvalue weighted by atomic mass is 10.0. The molecule has 372 valence electrons. The second-order valence-corrected chi connectivity index (χ2v) is 18.7. The molecule has 0 heterocycles. The summed E-state index contributed by atoms with van der Waals surface area (Å²) >= 11 is 0. The first-order chi connectivity index (χ1) is 31.5. The molecule has 0 saturated carbocycles. The molecule has 0 aromatic heterocycles. The first-order valence-corrected chi connectivity index (χ1v) is 27.3. The maximum absolute atomic E-state index is 9.56. The normalized spacial score (nSPS) is 13.3. The Balaban J connectivity index is 0.000000640. The topological polar surface area (TPSA) is 77.4 Å². The molecule has 64 heavy (non-hydrogen) atoms. The van der Waals surface area contributed by atoms with Crippen molar-refractivity contribution in [1.82, 2.24) is 0 Å². The average Bonchev–Trinajstić information content (AvgIpc) is 3.33. The van der Waals surface area contributed by atoms with Crippen molar-refractivity contribution in [1.29, 1.82) is 0 Å². The SMILES string of the molecule is CCCCCCCCCCCCCCCCCCOC[C@H](CO)OC(C)c1ccccc1.CCCCCCCCCCCCCCCCCCOC[C@H](CO)OC(C)c1ccccc1. The summed E-state index contributed by atoms with van der Waals surface area (Å²) in [6.45, 7) is 11.1. The Bertz CT molecular complexity index is 1070. The lowest BCUT2D eigenvalue weighted by Gasteiger charge is -2.21. The van der Waals surface area contributed by atoms with E-state index in [1.54, 1.807) is 0 Å². The Morgan fingerprint density at radius 3 is 0.812 bits per heavy atom. The average molecular weight is 897 g/mol. The summed E-state index contributed by atoms with van der Waals surface area (Å²) in [6, 6.07) is 20.3. The Hall–Kier alpha value is -1.80. The number of hydrogen-bond acceptors (Lipinski definition) is 6. The zero-order valence-corrected chi connectivity index (χ0v) is 42.5. The fourth-order valence-electron chi connectivity index (χ4n) is 8.39. The van der Waals surface area contributed by atoms with E-state index >= 15 is 0 Å². The van der Waals surface area contributed by atoms with Gasteiger partial charge in [0.25, 0.3) is 0 Å². The minimum atomic E-state index is -0.258. The predicted octanol–water partition coefficient (Wildman–Crippen LogP) is 16.8. The fourth-order valence-corrected chi connectivity index (χ4v) is 8.39. The van der Waals surface area contributed by atoms with Crippen LogP contribution in [0.25, 0.3) is 0 Å². The summed E-state index contributed by atoms with van der Waals surface area (Å²) in [6.07, 6.45) is 43.6. The van der Waals surface area contributed by atoms with Gasteiger partial charge in [0.15, 0.2) is 0 Å². The summed E-state index contributed by atoms with van der Waals surface area (Å²) in [5.41, 5.74) is 2.26. The van der Waals surface area contributed by atoms with Crippen LogP contribution in [0.1, 0.15) is 256 Å². The predicted molar refractivity (Wildman–Crippen MR) is 274 cm³/mol. The lowest BCUT2D eigenvalue weighted by molar-refractivity contribution is -0.0744. The standard InChI is InChI=1S/2C29H52O3/c2*1-3-4-5-6-7-8-9-10-11-12-13-14-15-16-17-21-24-31-26-29(25-30)32-27(2)28-22-19-18-20-23-28/h2*18-20,22-23,27,29-30H,3-17,21,24-26H2,1-2H3/t2*27?,29-/m00/s1. The summed E-state index contributed by atoms with van der Waals surface area (Å²) in [7, 11) is 0. The van der Waals surface area contributed by atoms with E-state index in [2.05, 4.69) is 38.1 Å². The smallest absolute Gasteiger partial charge is 0.105 e. The van der Waals surface area contributed by atoms with Crippen molar-refractivity contribution < 1.29 is 29.2 Å². The number of aliphatic hydroxyl groups excluding tert-OH is 2. The van der Waals surface area contributed by atoms with Crippen molar-refractivity contribution in [3.8, 4) is 0 Å². The van der Waals surface area contributed by atoms with Crippen molar-refractivity contribution in [2.75, 3.05) is 39.6 Å². The summed E-state index contributed by atoms with van der Waals surface area (Å²) in [5.74, 6) is 0. The van der Waals surface area contributed by atoms with Gasteiger partial charge >= 0.3 is 0 Å². The molecule has 0 bridgehead atoms. The van der Waals surface area contributed by atoms with Crippen LogP contribution in [-0.4, -0.2) is 62.1 Å². The fraction of sp³-hybridized carbons (Fsp3) is 0.793. The molecule has 0 fully saturated rings. The van der Waals surface area contributed by atoms with Gasteiger partial charge in [0.2, 0.25) is 0 Å². The molecule has 0 radical (unpaired) electrons. The van der Waals surface area contributed by atoms with Gasteiger partial charge in [-0.1, -0.05) is 267 Å². The molecule has 0 aliphatic heterocycles. The van der Waals surface area contributed by atoms with E-state index in [1.165, 1.54) is 193 Å². The molecule has 2 N–H and O–H groups in total. The highest BCUT2D eigenvalue weighted by Crippen LogP contribution is 2.20. The molecule has 0 spiro atoms. The molecule has 6 heteroatoms. The molecule has 0 aliphatic rings. The number of aliphatic hydroxyl groups is 2. The van der Waals surface area contributed by atoms with Crippen molar-refractivity contribution in [3.05, 3.63) is 71.8 Å². The van der Waals surface area contributed by atoms with Gasteiger partial charge in [-0.2, -0.15) is 0 Å². The van der Waals surface area contributed by atoms with Gasteiger partial charge in [-0.25, -0.2) is 0 Å². The molecule has 0 saturated heterocycles. The minimum absolute atomic E-state index is 0.00384. The summed E-state index contributed by atoms with van der Waals surface area (Å²) in [5, 5.41) is 19.1. The zero-order chi connectivity index (χ0) is 46.2. The van der Waals surface area contributed by atoms with Gasteiger partial charge in [0, 0.05) is 13.2 Å². The van der Waals surface area contributed by atoms with Crippen LogP contribution in [0.3, 0.4) is 0 Å². The zero-order valence-electron chi connectivity index (χ0n) is 42.5. The first-order valence-electron chi connectivity index (χ1n) is 27.3. The third-order valence-corrected chi connectivity index (χ3v) is 12.6. The van der Waals surface area contributed by atoms with Crippen molar-refractivity contribution in [2.24, 2.45) is 0 Å². The highest BCUT2D eigenvalue weighted by molar-refractivity contribution is 5.17. The number of hydrogen-bond donors (Lipinski definition) is 2. The van der Waals surface area contributed by atoms with Gasteiger partial charge in [-0.3, -0.25) is 0 Å². The monoisotopic (exact) mass is 897 g/mol. The lowest BCUT2D eigenvalue weighted by Crippen LogP contribution is -2.25. The van der Waals surface area contributed by atoms with E-state index in [4.69, 9.17) is 18.9 Å². The summed E-state index contributed by atoms with van der Waals surface area (Å²) in [4.78, 5) is 0. The molecule has 6 nitrogen and oxygen atoms in total. The third kappa shape index (κ3) is 38.3. The van der Waals surface area contributed by atoms with Gasteiger partial charge in [-0.05, 0) is 37.8 Å². The molecule has 2 rings (SSSR count). The molecule has 0 amide bonds. The number of ether oxygens (including phenoxy) is 4. The second-order valence-electron chi connectivity index (χ2n) is 18.7. The van der Waals surface area contributed by atoms with Gasteiger partial charge in [-0.15, -0.1) is 0 Å². The van der Waals surface area contributed by atoms with Crippen LogP contribution in [0.15, 0.2) is 60.7 Å². The number of benzene rings is 2. The van der Waals surface area contributed by atoms with Crippen LogP contribution in [0.2, 0.25) is 0 Å². The first kappa shape index (κ1) is 60.2. The molecule has 4 atom stereocenters. The van der Waals surface area contributed by atoms with Crippen molar-refractivity contribution in [3.63, 3.8) is 0 Å². The molecule has 2 unspecified atom stereocenters. The Labute approximate surface area is 396 Å². The van der Waals surface area contributed by atoms with Gasteiger partial charge < -0.3 is 29.2 Å². The van der Waals surface area contributed by atoms with Crippen LogP contribution >= 0.6 is 0 Å².